The van der Waals surface area contributed by atoms with Gasteiger partial charge in [-0.15, -0.1) is 0 Å². The number of hydrogen-bond donors (Lipinski definition) is 3. The SMILES string of the molecule is Nc1cc(NC(=O)NC2CC2)ccc1Cl. The molecule has 0 heterocycles. The third kappa shape index (κ3) is 2.76. The summed E-state index contributed by atoms with van der Waals surface area (Å²) in [5.41, 5.74) is 6.71. The first-order chi connectivity index (χ1) is 7.15. The Morgan fingerprint density at radius 3 is 2.80 bits per heavy atom. The topological polar surface area (TPSA) is 67.1 Å². The fourth-order valence-corrected chi connectivity index (χ4v) is 1.32. The second-order valence-electron chi connectivity index (χ2n) is 3.61. The molecule has 1 aliphatic rings. The number of rotatable bonds is 2. The number of urea groups is 1. The van der Waals surface area contributed by atoms with Crippen LogP contribution in [0.25, 0.3) is 0 Å². The maximum Gasteiger partial charge on any atom is 0.319 e. The molecule has 0 aromatic heterocycles. The first-order valence-corrected chi connectivity index (χ1v) is 5.15. The average Bonchev–Trinajstić information content (AvgIpc) is 2.95. The number of amides is 2. The quantitative estimate of drug-likeness (QED) is 0.676. The van der Waals surface area contributed by atoms with Crippen molar-refractivity contribution in [1.29, 1.82) is 0 Å². The molecule has 1 aromatic rings. The Kier molecular flexibility index (Phi) is 2.68. The molecule has 5 heteroatoms. The largest absolute Gasteiger partial charge is 0.397 e. The van der Waals surface area contributed by atoms with E-state index in [2.05, 4.69) is 10.6 Å². The number of hydrogen-bond acceptors (Lipinski definition) is 2. The number of carbonyl (C=O) groups excluding carboxylic acids is 1. The summed E-state index contributed by atoms with van der Waals surface area (Å²) in [5.74, 6) is 0. The minimum absolute atomic E-state index is 0.195. The van der Waals surface area contributed by atoms with Crippen molar-refractivity contribution in [2.24, 2.45) is 0 Å². The molecule has 15 heavy (non-hydrogen) atoms. The second kappa shape index (κ2) is 3.98. The zero-order chi connectivity index (χ0) is 10.8. The predicted octanol–water partition coefficient (Wildman–Crippen LogP) is 2.21. The van der Waals surface area contributed by atoms with Gasteiger partial charge in [-0.25, -0.2) is 4.79 Å². The highest BCUT2D eigenvalue weighted by molar-refractivity contribution is 6.33. The van der Waals surface area contributed by atoms with Gasteiger partial charge in [0, 0.05) is 11.7 Å². The lowest BCUT2D eigenvalue weighted by Gasteiger charge is -2.07. The zero-order valence-electron chi connectivity index (χ0n) is 8.09. The Morgan fingerprint density at radius 2 is 2.20 bits per heavy atom. The van der Waals surface area contributed by atoms with Crippen LogP contribution in [0.5, 0.6) is 0 Å². The molecule has 2 amide bonds. The minimum Gasteiger partial charge on any atom is -0.397 e. The number of nitrogens with one attached hydrogen (secondary N) is 2. The van der Waals surface area contributed by atoms with Gasteiger partial charge < -0.3 is 16.4 Å². The standard InChI is InChI=1S/C10H12ClN3O/c11-8-4-3-7(5-9(8)12)14-10(15)13-6-1-2-6/h3-6H,1-2,12H2,(H2,13,14,15). The summed E-state index contributed by atoms with van der Waals surface area (Å²) in [4.78, 5) is 11.4. The van der Waals surface area contributed by atoms with Gasteiger partial charge in [-0.05, 0) is 31.0 Å². The van der Waals surface area contributed by atoms with Crippen LogP contribution >= 0.6 is 11.6 Å². The molecule has 0 radical (unpaired) electrons. The molecular formula is C10H12ClN3O. The summed E-state index contributed by atoms with van der Waals surface area (Å²) in [6.07, 6.45) is 2.13. The van der Waals surface area contributed by atoms with Crippen LogP contribution in [0.2, 0.25) is 5.02 Å². The molecular weight excluding hydrogens is 214 g/mol. The molecule has 0 saturated heterocycles. The third-order valence-electron chi connectivity index (χ3n) is 2.17. The van der Waals surface area contributed by atoms with E-state index in [1.807, 2.05) is 0 Å². The van der Waals surface area contributed by atoms with Gasteiger partial charge in [0.25, 0.3) is 0 Å². The highest BCUT2D eigenvalue weighted by atomic mass is 35.5. The number of benzene rings is 1. The first-order valence-electron chi connectivity index (χ1n) is 4.77. The van der Waals surface area contributed by atoms with Gasteiger partial charge in [-0.3, -0.25) is 0 Å². The molecule has 1 fully saturated rings. The number of nitrogen functional groups attached to an aromatic ring is 1. The Bertz CT molecular complexity index is 390. The lowest BCUT2D eigenvalue weighted by molar-refractivity contribution is 0.251. The van der Waals surface area contributed by atoms with Gasteiger partial charge in [0.15, 0.2) is 0 Å². The molecule has 0 spiro atoms. The maximum absolute atomic E-state index is 11.4. The Morgan fingerprint density at radius 1 is 1.47 bits per heavy atom. The Balaban J connectivity index is 1.97. The smallest absolute Gasteiger partial charge is 0.319 e. The predicted molar refractivity (Wildman–Crippen MR) is 61.0 cm³/mol. The van der Waals surface area contributed by atoms with Crippen molar-refractivity contribution >= 4 is 29.0 Å². The Hall–Kier alpha value is -1.42. The van der Waals surface area contributed by atoms with Crippen LogP contribution in [0.1, 0.15) is 12.8 Å². The van der Waals surface area contributed by atoms with Crippen LogP contribution < -0.4 is 16.4 Å². The summed E-state index contributed by atoms with van der Waals surface area (Å²) < 4.78 is 0. The van der Waals surface area contributed by atoms with Crippen molar-refractivity contribution in [3.8, 4) is 0 Å². The van der Waals surface area contributed by atoms with Gasteiger partial charge in [-0.2, -0.15) is 0 Å². The van der Waals surface area contributed by atoms with Crippen molar-refractivity contribution in [2.45, 2.75) is 18.9 Å². The van der Waals surface area contributed by atoms with E-state index in [1.165, 1.54) is 0 Å². The van der Waals surface area contributed by atoms with Gasteiger partial charge in [0.1, 0.15) is 0 Å². The maximum atomic E-state index is 11.4. The van der Waals surface area contributed by atoms with Crippen LogP contribution in [0.4, 0.5) is 16.2 Å². The van der Waals surface area contributed by atoms with E-state index in [4.69, 9.17) is 17.3 Å². The fourth-order valence-electron chi connectivity index (χ4n) is 1.20. The highest BCUT2D eigenvalue weighted by Crippen LogP contribution is 2.23. The number of halogens is 1. The second-order valence-corrected chi connectivity index (χ2v) is 4.02. The van der Waals surface area contributed by atoms with Crippen LogP contribution in [-0.4, -0.2) is 12.1 Å². The monoisotopic (exact) mass is 225 g/mol. The van der Waals surface area contributed by atoms with Gasteiger partial charge in [0.05, 0.1) is 10.7 Å². The minimum atomic E-state index is -0.195. The first kappa shape index (κ1) is 10.1. The molecule has 2 rings (SSSR count). The molecule has 1 aromatic carbocycles. The summed E-state index contributed by atoms with van der Waals surface area (Å²) in [5, 5.41) is 5.99. The third-order valence-corrected chi connectivity index (χ3v) is 2.51. The highest BCUT2D eigenvalue weighted by Gasteiger charge is 2.23. The zero-order valence-corrected chi connectivity index (χ0v) is 8.84. The molecule has 80 valence electrons. The van der Waals surface area contributed by atoms with Gasteiger partial charge >= 0.3 is 6.03 Å². The number of anilines is 2. The molecule has 0 atom stereocenters. The number of carbonyl (C=O) groups is 1. The van der Waals surface area contributed by atoms with E-state index in [9.17, 15) is 4.79 Å². The molecule has 4 N–H and O–H groups in total. The Labute approximate surface area is 92.8 Å². The number of nitrogens with two attached hydrogens (primary N) is 1. The van der Waals surface area contributed by atoms with E-state index in [0.29, 0.717) is 22.4 Å². The average molecular weight is 226 g/mol. The van der Waals surface area contributed by atoms with Crippen molar-refractivity contribution in [1.82, 2.24) is 5.32 Å². The summed E-state index contributed by atoms with van der Waals surface area (Å²) in [6, 6.07) is 5.15. The van der Waals surface area contributed by atoms with E-state index < -0.39 is 0 Å². The molecule has 1 saturated carbocycles. The summed E-state index contributed by atoms with van der Waals surface area (Å²) in [6.45, 7) is 0. The van der Waals surface area contributed by atoms with Gasteiger partial charge in [-0.1, -0.05) is 11.6 Å². The van der Waals surface area contributed by atoms with E-state index in [1.54, 1.807) is 18.2 Å². The molecule has 4 nitrogen and oxygen atoms in total. The van der Waals surface area contributed by atoms with E-state index in [-0.39, 0.29) is 6.03 Å². The van der Waals surface area contributed by atoms with Crippen LogP contribution in [-0.2, 0) is 0 Å². The lowest BCUT2D eigenvalue weighted by atomic mass is 10.3. The van der Waals surface area contributed by atoms with Crippen molar-refractivity contribution in [3.63, 3.8) is 0 Å². The lowest BCUT2D eigenvalue weighted by Crippen LogP contribution is -2.30. The van der Waals surface area contributed by atoms with Crippen molar-refractivity contribution < 1.29 is 4.79 Å². The summed E-state index contributed by atoms with van der Waals surface area (Å²) in [7, 11) is 0. The summed E-state index contributed by atoms with van der Waals surface area (Å²) >= 11 is 5.76. The molecule has 0 bridgehead atoms. The van der Waals surface area contributed by atoms with Gasteiger partial charge in [0.2, 0.25) is 0 Å². The van der Waals surface area contributed by atoms with Crippen LogP contribution in [0, 0.1) is 0 Å². The normalized spacial score (nSPS) is 14.7. The van der Waals surface area contributed by atoms with Crippen molar-refractivity contribution in [2.75, 3.05) is 11.1 Å². The van der Waals surface area contributed by atoms with E-state index >= 15 is 0 Å². The van der Waals surface area contributed by atoms with Crippen LogP contribution in [0.15, 0.2) is 18.2 Å². The van der Waals surface area contributed by atoms with Crippen molar-refractivity contribution in [3.05, 3.63) is 23.2 Å². The molecule has 0 unspecified atom stereocenters. The molecule has 1 aliphatic carbocycles. The molecule has 0 aliphatic heterocycles. The van der Waals surface area contributed by atoms with Crippen LogP contribution in [0.3, 0.4) is 0 Å². The van der Waals surface area contributed by atoms with E-state index in [0.717, 1.165) is 12.8 Å². The fraction of sp³-hybridized carbons (Fsp3) is 0.300.